The van der Waals surface area contributed by atoms with Crippen LogP contribution in [0.4, 0.5) is 0 Å². The monoisotopic (exact) mass is 312 g/mol. The van der Waals surface area contributed by atoms with Crippen LogP contribution in [0.1, 0.15) is 46.0 Å². The predicted molar refractivity (Wildman–Crippen MR) is 81.9 cm³/mol. The first kappa shape index (κ1) is 17.2. The number of carboxylic acid groups (broad SMARTS) is 1. The van der Waals surface area contributed by atoms with Gasteiger partial charge in [-0.2, -0.15) is 0 Å². The fourth-order valence-electron chi connectivity index (χ4n) is 4.30. The predicted octanol–water partition coefficient (Wildman–Crippen LogP) is 0.726. The molecule has 0 radical (unpaired) electrons. The minimum atomic E-state index is -1.10. The molecule has 2 fully saturated rings. The second kappa shape index (κ2) is 6.96. The van der Waals surface area contributed by atoms with Crippen molar-refractivity contribution in [2.24, 2.45) is 29.4 Å². The number of nitrogens with one attached hydrogen (secondary N) is 1. The summed E-state index contributed by atoms with van der Waals surface area (Å²) in [5, 5.41) is 21.7. The lowest BCUT2D eigenvalue weighted by Crippen LogP contribution is -2.49. The number of carboxylic acids is 1. The van der Waals surface area contributed by atoms with Crippen LogP contribution >= 0.6 is 0 Å². The summed E-state index contributed by atoms with van der Waals surface area (Å²) < 4.78 is 0. The van der Waals surface area contributed by atoms with Crippen LogP contribution in [-0.2, 0) is 9.59 Å². The first-order chi connectivity index (χ1) is 10.3. The zero-order chi connectivity index (χ0) is 16.4. The molecule has 126 valence electrons. The summed E-state index contributed by atoms with van der Waals surface area (Å²) in [7, 11) is 0. The topological polar surface area (TPSA) is 113 Å². The maximum atomic E-state index is 11.8. The third-order valence-electron chi connectivity index (χ3n) is 5.73. The highest BCUT2D eigenvalue weighted by Crippen LogP contribution is 2.53. The normalized spacial score (nSPS) is 34.2. The van der Waals surface area contributed by atoms with Crippen LogP contribution in [0.5, 0.6) is 0 Å². The second-order valence-corrected chi connectivity index (χ2v) is 7.16. The molecule has 2 rings (SSSR count). The minimum absolute atomic E-state index is 0.405. The Kier molecular flexibility index (Phi) is 5.45. The number of hydrogen-bond donors (Lipinski definition) is 4. The van der Waals surface area contributed by atoms with Gasteiger partial charge < -0.3 is 21.3 Å². The minimum Gasteiger partial charge on any atom is -0.481 e. The van der Waals surface area contributed by atoms with Gasteiger partial charge in [-0.3, -0.25) is 9.59 Å². The highest BCUT2D eigenvalue weighted by atomic mass is 16.4. The molecule has 2 aliphatic carbocycles. The van der Waals surface area contributed by atoms with Crippen molar-refractivity contribution < 1.29 is 19.8 Å². The molecule has 0 aromatic carbocycles. The van der Waals surface area contributed by atoms with Gasteiger partial charge in [0.05, 0.1) is 24.6 Å². The summed E-state index contributed by atoms with van der Waals surface area (Å²) >= 11 is 0. The number of aliphatic carboxylic acids is 1. The van der Waals surface area contributed by atoms with E-state index >= 15 is 0 Å². The molecule has 0 aromatic heterocycles. The molecule has 0 heterocycles. The number of carbonyl (C=O) groups excluding carboxylic acids is 1. The van der Waals surface area contributed by atoms with E-state index in [-0.39, 0.29) is 0 Å². The summed E-state index contributed by atoms with van der Waals surface area (Å²) in [6, 6.07) is -1.49. The van der Waals surface area contributed by atoms with Gasteiger partial charge in [-0.05, 0) is 56.3 Å². The number of rotatable bonds is 7. The van der Waals surface area contributed by atoms with E-state index < -0.39 is 36.5 Å². The molecule has 1 amide bonds. The van der Waals surface area contributed by atoms with Crippen LogP contribution in [0.15, 0.2) is 0 Å². The Morgan fingerprint density at radius 2 is 1.95 bits per heavy atom. The average Bonchev–Trinajstić information content (AvgIpc) is 3.01. The lowest BCUT2D eigenvalue weighted by Gasteiger charge is -2.32. The van der Waals surface area contributed by atoms with E-state index in [0.29, 0.717) is 24.2 Å². The lowest BCUT2D eigenvalue weighted by molar-refractivity contribution is -0.139. The number of aliphatic hydroxyl groups excluding tert-OH is 1. The van der Waals surface area contributed by atoms with E-state index in [4.69, 9.17) is 10.8 Å². The first-order valence-corrected chi connectivity index (χ1v) is 8.25. The Morgan fingerprint density at radius 3 is 2.50 bits per heavy atom. The number of aliphatic hydroxyl groups is 1. The molecule has 2 unspecified atom stereocenters. The number of nitrogens with two attached hydrogens (primary N) is 1. The Balaban J connectivity index is 1.81. The van der Waals surface area contributed by atoms with Crippen molar-refractivity contribution in [2.75, 3.05) is 0 Å². The van der Waals surface area contributed by atoms with E-state index in [0.717, 1.165) is 5.92 Å². The van der Waals surface area contributed by atoms with Gasteiger partial charge in [0.2, 0.25) is 5.91 Å². The molecule has 6 nitrogen and oxygen atoms in total. The number of carbonyl (C=O) groups is 2. The van der Waals surface area contributed by atoms with Crippen molar-refractivity contribution in [3.05, 3.63) is 0 Å². The van der Waals surface area contributed by atoms with Crippen LogP contribution in [0.2, 0.25) is 0 Å². The second-order valence-electron chi connectivity index (χ2n) is 7.16. The van der Waals surface area contributed by atoms with Gasteiger partial charge in [-0.25, -0.2) is 0 Å². The molecule has 2 bridgehead atoms. The summed E-state index contributed by atoms with van der Waals surface area (Å²) in [4.78, 5) is 22.4. The van der Waals surface area contributed by atoms with Crippen molar-refractivity contribution >= 4 is 11.9 Å². The zero-order valence-electron chi connectivity index (χ0n) is 13.4. The Hall–Kier alpha value is -1.14. The highest BCUT2D eigenvalue weighted by molar-refractivity contribution is 5.86. The molecule has 2 aliphatic rings. The number of fused-ring (bicyclic) bond motifs is 2. The molecule has 22 heavy (non-hydrogen) atoms. The SMILES string of the molecule is C[C@H](NC(=O)[C@@H](N)CC(=O)O)[C@@H](O)C[C@H]1C2CCC(C2)[C@H]1C. The number of amides is 1. The van der Waals surface area contributed by atoms with Gasteiger partial charge in [0.15, 0.2) is 0 Å². The molecule has 0 aliphatic heterocycles. The molecule has 0 spiro atoms. The molecule has 5 N–H and O–H groups in total. The van der Waals surface area contributed by atoms with Crippen molar-refractivity contribution in [3.63, 3.8) is 0 Å². The molecule has 2 saturated carbocycles. The third kappa shape index (κ3) is 3.79. The smallest absolute Gasteiger partial charge is 0.305 e. The van der Waals surface area contributed by atoms with Crippen molar-refractivity contribution in [2.45, 2.75) is 64.1 Å². The molecule has 0 saturated heterocycles. The lowest BCUT2D eigenvalue weighted by atomic mass is 9.77. The van der Waals surface area contributed by atoms with Gasteiger partial charge in [0.25, 0.3) is 0 Å². The van der Waals surface area contributed by atoms with Crippen molar-refractivity contribution in [1.29, 1.82) is 0 Å². The Bertz CT molecular complexity index is 426. The summed E-state index contributed by atoms with van der Waals surface area (Å²) in [5.41, 5.74) is 5.53. The standard InChI is InChI=1S/C16H28N2O4/c1-8-10-3-4-11(5-10)12(8)6-14(19)9(2)18-16(22)13(17)7-15(20)21/h8-14,19H,3-7,17H2,1-2H3,(H,18,22)(H,20,21)/t8-,9+,10?,11?,12-,13+,14+/m1/s1. The zero-order valence-corrected chi connectivity index (χ0v) is 13.4. The van der Waals surface area contributed by atoms with Crippen LogP contribution in [-0.4, -0.2) is 40.3 Å². The summed E-state index contributed by atoms with van der Waals surface area (Å²) in [6.07, 6.45) is 3.53. The third-order valence-corrected chi connectivity index (χ3v) is 5.73. The molecular weight excluding hydrogens is 284 g/mol. The van der Waals surface area contributed by atoms with E-state index in [2.05, 4.69) is 12.2 Å². The number of hydrogen-bond acceptors (Lipinski definition) is 4. The van der Waals surface area contributed by atoms with Crippen LogP contribution in [0.25, 0.3) is 0 Å². The van der Waals surface area contributed by atoms with Gasteiger partial charge in [0, 0.05) is 0 Å². The Morgan fingerprint density at radius 1 is 1.32 bits per heavy atom. The fraction of sp³-hybridized carbons (Fsp3) is 0.875. The summed E-state index contributed by atoms with van der Waals surface area (Å²) in [6.45, 7) is 4.02. The van der Waals surface area contributed by atoms with Crippen molar-refractivity contribution in [1.82, 2.24) is 5.32 Å². The Labute approximate surface area is 131 Å². The largest absolute Gasteiger partial charge is 0.481 e. The maximum absolute atomic E-state index is 11.8. The van der Waals surface area contributed by atoms with Crippen LogP contribution < -0.4 is 11.1 Å². The average molecular weight is 312 g/mol. The molecule has 0 aromatic rings. The summed E-state index contributed by atoms with van der Waals surface area (Å²) in [5.74, 6) is 1.07. The van der Waals surface area contributed by atoms with Gasteiger partial charge >= 0.3 is 5.97 Å². The molecule has 7 atom stereocenters. The van der Waals surface area contributed by atoms with E-state index in [1.54, 1.807) is 6.92 Å². The van der Waals surface area contributed by atoms with Crippen LogP contribution in [0.3, 0.4) is 0 Å². The van der Waals surface area contributed by atoms with E-state index in [1.165, 1.54) is 19.3 Å². The van der Waals surface area contributed by atoms with Gasteiger partial charge in [0.1, 0.15) is 0 Å². The fourth-order valence-corrected chi connectivity index (χ4v) is 4.30. The maximum Gasteiger partial charge on any atom is 0.305 e. The van der Waals surface area contributed by atoms with Crippen LogP contribution in [0, 0.1) is 23.7 Å². The molecular formula is C16H28N2O4. The van der Waals surface area contributed by atoms with E-state index in [9.17, 15) is 14.7 Å². The van der Waals surface area contributed by atoms with Gasteiger partial charge in [-0.15, -0.1) is 0 Å². The van der Waals surface area contributed by atoms with Crippen molar-refractivity contribution in [3.8, 4) is 0 Å². The molecule has 6 heteroatoms. The first-order valence-electron chi connectivity index (χ1n) is 8.25. The highest BCUT2D eigenvalue weighted by Gasteiger charge is 2.45. The quantitative estimate of drug-likeness (QED) is 0.553. The van der Waals surface area contributed by atoms with Gasteiger partial charge in [-0.1, -0.05) is 6.92 Å². The van der Waals surface area contributed by atoms with E-state index in [1.807, 2.05) is 0 Å².